The van der Waals surface area contributed by atoms with Crippen LogP contribution >= 0.6 is 0 Å². The highest BCUT2D eigenvalue weighted by molar-refractivity contribution is 6.20. The average Bonchev–Trinajstić information content (AvgIpc) is 3.37. The molecule has 12 nitrogen and oxygen atoms in total. The molecule has 3 aromatic heterocycles. The van der Waals surface area contributed by atoms with Crippen LogP contribution in [0.5, 0.6) is 0 Å². The molecule has 6 heterocycles. The third-order valence-electron chi connectivity index (χ3n) is 7.10. The highest BCUT2D eigenvalue weighted by Gasteiger charge is 2.63. The van der Waals surface area contributed by atoms with Crippen molar-refractivity contribution in [2.24, 2.45) is 12.5 Å². The number of imidazole rings is 1. The van der Waals surface area contributed by atoms with E-state index in [9.17, 15) is 14.4 Å². The lowest BCUT2D eigenvalue weighted by atomic mass is 9.67. The van der Waals surface area contributed by atoms with E-state index in [0.29, 0.717) is 34.9 Å². The SMILES string of the molecule is Cc1c2c(nc3c(-c4nccn4C)noc13)CC1(C(=O)NC(=O)NC1=O)[C@H]1[C@H](C)O[C@H](C)CN21. The zero-order valence-electron chi connectivity index (χ0n) is 19.1. The number of carbonyl (C=O) groups excluding carboxylic acids is 3. The number of barbiturate groups is 1. The van der Waals surface area contributed by atoms with Crippen molar-refractivity contribution in [3.8, 4) is 11.5 Å². The number of imide groups is 2. The van der Waals surface area contributed by atoms with Crippen molar-refractivity contribution in [1.29, 1.82) is 0 Å². The molecule has 3 aliphatic rings. The Kier molecular flexibility index (Phi) is 4.19. The summed E-state index contributed by atoms with van der Waals surface area (Å²) in [6.07, 6.45) is 2.84. The number of carbonyl (C=O) groups is 3. The Balaban J connectivity index is 1.61. The van der Waals surface area contributed by atoms with Gasteiger partial charge in [0.1, 0.15) is 5.52 Å². The van der Waals surface area contributed by atoms with Crippen molar-refractivity contribution < 1.29 is 23.6 Å². The van der Waals surface area contributed by atoms with Crippen molar-refractivity contribution in [2.45, 2.75) is 45.4 Å². The maximum absolute atomic E-state index is 13.3. The van der Waals surface area contributed by atoms with Crippen LogP contribution in [0.3, 0.4) is 0 Å². The standard InChI is InChI=1S/C22H23N7O5/c1-9-8-29-15-10(2)16-13(14(27-34-16)18-23-5-6-28(18)4)24-12(15)7-22(17(29)11(3)33-9)19(30)25-21(32)26-20(22)31/h5-6,9,11,17H,7-8H2,1-4H3,(H2,25,26,30,31,32)/t9-,11+,17-/m1/s1. The molecule has 0 unspecified atom stereocenters. The second kappa shape index (κ2) is 6.86. The topological polar surface area (TPSA) is 144 Å². The number of aryl methyl sites for hydroxylation is 2. The number of rotatable bonds is 1. The predicted octanol–water partition coefficient (Wildman–Crippen LogP) is 0.822. The number of amides is 4. The minimum Gasteiger partial charge on any atom is -0.372 e. The third-order valence-corrected chi connectivity index (χ3v) is 7.10. The first-order chi connectivity index (χ1) is 16.2. The molecule has 0 radical (unpaired) electrons. The number of fused-ring (bicyclic) bond motifs is 5. The Labute approximate surface area is 193 Å². The maximum Gasteiger partial charge on any atom is 0.328 e. The minimum atomic E-state index is -1.59. The molecule has 12 heteroatoms. The summed E-state index contributed by atoms with van der Waals surface area (Å²) in [5, 5.41) is 8.82. The number of pyridine rings is 1. The van der Waals surface area contributed by atoms with Gasteiger partial charge in [0.2, 0.25) is 11.8 Å². The van der Waals surface area contributed by atoms with Crippen molar-refractivity contribution >= 4 is 34.6 Å². The van der Waals surface area contributed by atoms with Crippen LogP contribution in [0.15, 0.2) is 16.9 Å². The summed E-state index contributed by atoms with van der Waals surface area (Å²) in [6.45, 7) is 6.13. The van der Waals surface area contributed by atoms with Crippen molar-refractivity contribution in [3.05, 3.63) is 23.7 Å². The molecule has 3 aromatic rings. The van der Waals surface area contributed by atoms with E-state index in [4.69, 9.17) is 14.2 Å². The molecule has 0 saturated carbocycles. The first kappa shape index (κ1) is 20.8. The van der Waals surface area contributed by atoms with Gasteiger partial charge in [-0.05, 0) is 20.8 Å². The molecule has 2 saturated heterocycles. The average molecular weight is 465 g/mol. The fourth-order valence-corrected chi connectivity index (χ4v) is 5.78. The van der Waals surface area contributed by atoms with Crippen molar-refractivity contribution in [2.75, 3.05) is 11.4 Å². The highest BCUT2D eigenvalue weighted by Crippen LogP contribution is 2.48. The lowest BCUT2D eigenvalue weighted by molar-refractivity contribution is -0.153. The lowest BCUT2D eigenvalue weighted by Crippen LogP contribution is -2.75. The number of urea groups is 1. The number of aromatic nitrogens is 4. The Morgan fingerprint density at radius 3 is 2.59 bits per heavy atom. The zero-order chi connectivity index (χ0) is 23.9. The Bertz CT molecular complexity index is 1370. The van der Waals surface area contributed by atoms with Gasteiger partial charge in [0.15, 0.2) is 22.5 Å². The molecule has 4 amide bonds. The normalized spacial score (nSPS) is 25.8. The second-order valence-corrected chi connectivity index (χ2v) is 9.24. The van der Waals surface area contributed by atoms with Crippen LogP contribution in [-0.4, -0.2) is 62.3 Å². The minimum absolute atomic E-state index is 0.00149. The fraction of sp³-hybridized carbons (Fsp3) is 0.455. The van der Waals surface area contributed by atoms with Gasteiger partial charge >= 0.3 is 6.03 Å². The molecule has 3 atom stereocenters. The number of anilines is 1. The third kappa shape index (κ3) is 2.56. The van der Waals surface area contributed by atoms with Gasteiger partial charge in [0.05, 0.1) is 29.6 Å². The molecular formula is C22H23N7O5. The van der Waals surface area contributed by atoms with Gasteiger partial charge in [-0.3, -0.25) is 20.2 Å². The number of hydrogen-bond acceptors (Lipinski definition) is 9. The van der Waals surface area contributed by atoms with Crippen LogP contribution in [0, 0.1) is 12.3 Å². The number of nitrogens with one attached hydrogen (secondary N) is 2. The number of ether oxygens (including phenoxy) is 1. The molecular weight excluding hydrogens is 442 g/mol. The van der Waals surface area contributed by atoms with Crippen LogP contribution in [0.1, 0.15) is 25.1 Å². The van der Waals surface area contributed by atoms with E-state index < -0.39 is 35.4 Å². The molecule has 2 N–H and O–H groups in total. The molecule has 0 bridgehead atoms. The molecule has 1 spiro atoms. The van der Waals surface area contributed by atoms with E-state index in [0.717, 1.165) is 11.3 Å². The van der Waals surface area contributed by atoms with Gasteiger partial charge in [-0.25, -0.2) is 14.8 Å². The lowest BCUT2D eigenvalue weighted by Gasteiger charge is -2.55. The Morgan fingerprint density at radius 2 is 1.91 bits per heavy atom. The second-order valence-electron chi connectivity index (χ2n) is 9.24. The monoisotopic (exact) mass is 465 g/mol. The largest absolute Gasteiger partial charge is 0.372 e. The van der Waals surface area contributed by atoms with Crippen LogP contribution in [-0.2, 0) is 27.8 Å². The quantitative estimate of drug-likeness (QED) is 0.499. The van der Waals surface area contributed by atoms with Gasteiger partial charge < -0.3 is 18.7 Å². The van der Waals surface area contributed by atoms with Crippen LogP contribution < -0.4 is 15.5 Å². The van der Waals surface area contributed by atoms with E-state index in [1.165, 1.54) is 0 Å². The predicted molar refractivity (Wildman–Crippen MR) is 118 cm³/mol. The smallest absolute Gasteiger partial charge is 0.328 e. The van der Waals surface area contributed by atoms with Crippen LogP contribution in [0.2, 0.25) is 0 Å². The summed E-state index contributed by atoms with van der Waals surface area (Å²) >= 11 is 0. The molecule has 6 rings (SSSR count). The first-order valence-corrected chi connectivity index (χ1v) is 11.1. The number of hydrogen-bond donors (Lipinski definition) is 2. The summed E-state index contributed by atoms with van der Waals surface area (Å²) in [5.41, 5.74) is 2.06. The maximum atomic E-state index is 13.3. The van der Waals surface area contributed by atoms with Gasteiger partial charge in [0.25, 0.3) is 0 Å². The van der Waals surface area contributed by atoms with E-state index in [2.05, 4.69) is 20.8 Å². The summed E-state index contributed by atoms with van der Waals surface area (Å²) < 4.78 is 13.6. The molecule has 3 aliphatic heterocycles. The Hall–Kier alpha value is -3.80. The molecule has 176 valence electrons. The summed E-state index contributed by atoms with van der Waals surface area (Å²) in [6, 6.07) is -1.47. The van der Waals surface area contributed by atoms with E-state index >= 15 is 0 Å². The summed E-state index contributed by atoms with van der Waals surface area (Å²) in [4.78, 5) is 49.8. The summed E-state index contributed by atoms with van der Waals surface area (Å²) in [5.74, 6) is -0.719. The molecule has 0 aliphatic carbocycles. The van der Waals surface area contributed by atoms with Gasteiger partial charge in [-0.15, -0.1) is 0 Å². The summed E-state index contributed by atoms with van der Waals surface area (Å²) in [7, 11) is 1.85. The fourth-order valence-electron chi connectivity index (χ4n) is 5.78. The van der Waals surface area contributed by atoms with Crippen molar-refractivity contribution in [3.63, 3.8) is 0 Å². The van der Waals surface area contributed by atoms with Gasteiger partial charge in [0, 0.05) is 38.0 Å². The van der Waals surface area contributed by atoms with E-state index in [1.54, 1.807) is 12.4 Å². The van der Waals surface area contributed by atoms with E-state index in [1.807, 2.05) is 37.3 Å². The van der Waals surface area contributed by atoms with E-state index in [-0.39, 0.29) is 12.5 Å². The first-order valence-electron chi connectivity index (χ1n) is 11.1. The Morgan fingerprint density at radius 1 is 1.18 bits per heavy atom. The van der Waals surface area contributed by atoms with Gasteiger partial charge in [-0.1, -0.05) is 5.16 Å². The highest BCUT2D eigenvalue weighted by atomic mass is 16.5. The van der Waals surface area contributed by atoms with Crippen molar-refractivity contribution in [1.82, 2.24) is 30.3 Å². The zero-order valence-corrected chi connectivity index (χ0v) is 19.1. The number of nitrogens with zero attached hydrogens (tertiary/aromatic N) is 5. The number of morpholine rings is 1. The van der Waals surface area contributed by atoms with Gasteiger partial charge in [-0.2, -0.15) is 0 Å². The molecule has 34 heavy (non-hydrogen) atoms. The van der Waals surface area contributed by atoms with Crippen LogP contribution in [0.4, 0.5) is 10.5 Å². The molecule has 2 fully saturated rings. The molecule has 0 aromatic carbocycles. The van der Waals surface area contributed by atoms with Crippen LogP contribution in [0.25, 0.3) is 22.6 Å².